The van der Waals surface area contributed by atoms with E-state index < -0.39 is 0 Å². The fraction of sp³-hybridized carbons (Fsp3) is 1.00. The van der Waals surface area contributed by atoms with Gasteiger partial charge in [0.15, 0.2) is 0 Å². The Bertz CT molecular complexity index is 118. The molecule has 0 aliphatic heterocycles. The van der Waals surface area contributed by atoms with Gasteiger partial charge in [0.1, 0.15) is 0 Å². The Hall–Kier alpha value is -0.0800. The average Bonchev–Trinajstić information content (AvgIpc) is 2.00. The van der Waals surface area contributed by atoms with Gasteiger partial charge in [0.25, 0.3) is 0 Å². The molecular weight excluding hydrogens is 162 g/mol. The zero-order valence-electron chi connectivity index (χ0n) is 9.60. The number of ether oxygens (including phenoxy) is 1. The molecule has 2 heteroatoms. The van der Waals surface area contributed by atoms with E-state index in [1.54, 1.807) is 0 Å². The van der Waals surface area contributed by atoms with Crippen molar-refractivity contribution in [1.29, 1.82) is 0 Å². The van der Waals surface area contributed by atoms with Gasteiger partial charge in [-0.1, -0.05) is 20.8 Å². The van der Waals surface area contributed by atoms with E-state index in [1.165, 1.54) is 6.42 Å². The molecule has 0 aliphatic rings. The normalized spacial score (nSPS) is 14.5. The molecule has 0 fully saturated rings. The predicted molar refractivity (Wildman–Crippen MR) is 57.8 cm³/mol. The van der Waals surface area contributed by atoms with Crippen molar-refractivity contribution in [3.05, 3.63) is 0 Å². The molecule has 1 atom stereocenters. The maximum atomic E-state index is 5.94. The van der Waals surface area contributed by atoms with Crippen LogP contribution in [0.15, 0.2) is 0 Å². The molecule has 0 spiro atoms. The molecule has 0 aromatic rings. The lowest BCUT2D eigenvalue weighted by Crippen LogP contribution is -2.24. The Morgan fingerprint density at radius 1 is 1.23 bits per heavy atom. The molecule has 80 valence electrons. The highest BCUT2D eigenvalue weighted by atomic mass is 16.5. The molecule has 0 amide bonds. The van der Waals surface area contributed by atoms with E-state index in [0.29, 0.717) is 11.5 Å². The Morgan fingerprint density at radius 3 is 2.31 bits per heavy atom. The topological polar surface area (TPSA) is 35.2 Å². The highest BCUT2D eigenvalue weighted by Gasteiger charge is 2.12. The van der Waals surface area contributed by atoms with Gasteiger partial charge in [-0.05, 0) is 31.6 Å². The van der Waals surface area contributed by atoms with Gasteiger partial charge in [0, 0.05) is 19.3 Å². The molecule has 0 bridgehead atoms. The fourth-order valence-electron chi connectivity index (χ4n) is 1.14. The van der Waals surface area contributed by atoms with E-state index in [9.17, 15) is 0 Å². The van der Waals surface area contributed by atoms with E-state index in [2.05, 4.69) is 20.8 Å². The lowest BCUT2D eigenvalue weighted by atomic mass is 9.88. The van der Waals surface area contributed by atoms with E-state index >= 15 is 0 Å². The Balaban J connectivity index is 3.35. The Morgan fingerprint density at radius 2 is 1.85 bits per heavy atom. The van der Waals surface area contributed by atoms with Crippen LogP contribution in [0.4, 0.5) is 0 Å². The molecule has 0 aliphatic carbocycles. The molecule has 1 unspecified atom stereocenters. The van der Waals surface area contributed by atoms with Gasteiger partial charge in [0.05, 0.1) is 0 Å². The van der Waals surface area contributed by atoms with Crippen LogP contribution in [-0.2, 0) is 4.74 Å². The van der Waals surface area contributed by atoms with E-state index in [0.717, 1.165) is 26.1 Å². The summed E-state index contributed by atoms with van der Waals surface area (Å²) in [6.07, 6.45) is 3.29. The summed E-state index contributed by atoms with van der Waals surface area (Å²) in [6.45, 7) is 10.4. The molecule has 0 heterocycles. The third-order valence-corrected chi connectivity index (χ3v) is 2.10. The van der Waals surface area contributed by atoms with Crippen LogP contribution in [0, 0.1) is 5.41 Å². The Labute approximate surface area is 82.8 Å². The van der Waals surface area contributed by atoms with Gasteiger partial charge in [-0.2, -0.15) is 0 Å². The highest BCUT2D eigenvalue weighted by molar-refractivity contribution is 4.67. The number of hydrogen-bond donors (Lipinski definition) is 1. The summed E-state index contributed by atoms with van der Waals surface area (Å²) in [6, 6.07) is 0.311. The molecule has 0 saturated carbocycles. The fourth-order valence-corrected chi connectivity index (χ4v) is 1.14. The van der Waals surface area contributed by atoms with Crippen LogP contribution in [0.1, 0.15) is 47.0 Å². The van der Waals surface area contributed by atoms with Crippen molar-refractivity contribution in [3.8, 4) is 0 Å². The summed E-state index contributed by atoms with van der Waals surface area (Å²) in [7, 11) is 0. The molecule has 0 radical (unpaired) electrons. The molecule has 13 heavy (non-hydrogen) atoms. The average molecular weight is 187 g/mol. The second-order valence-electron chi connectivity index (χ2n) is 4.85. The molecule has 2 N–H and O–H groups in total. The van der Waals surface area contributed by atoms with Crippen LogP contribution < -0.4 is 5.73 Å². The highest BCUT2D eigenvalue weighted by Crippen LogP contribution is 2.21. The zero-order valence-corrected chi connectivity index (χ0v) is 9.60. The van der Waals surface area contributed by atoms with E-state index in [1.807, 2.05) is 6.92 Å². The summed E-state index contributed by atoms with van der Waals surface area (Å²) in [4.78, 5) is 0. The summed E-state index contributed by atoms with van der Waals surface area (Å²) < 4.78 is 5.26. The van der Waals surface area contributed by atoms with Crippen LogP contribution >= 0.6 is 0 Å². The van der Waals surface area contributed by atoms with Crippen molar-refractivity contribution in [2.45, 2.75) is 53.0 Å². The molecule has 0 aromatic heterocycles. The quantitative estimate of drug-likeness (QED) is 0.649. The minimum Gasteiger partial charge on any atom is -0.382 e. The van der Waals surface area contributed by atoms with Crippen LogP contribution in [-0.4, -0.2) is 19.3 Å². The van der Waals surface area contributed by atoms with Crippen LogP contribution in [0.25, 0.3) is 0 Å². The summed E-state index contributed by atoms with van der Waals surface area (Å²) in [5.74, 6) is 0. The van der Waals surface area contributed by atoms with Gasteiger partial charge in [0.2, 0.25) is 0 Å². The first-order valence-corrected chi connectivity index (χ1v) is 5.29. The minimum atomic E-state index is 0.311. The zero-order chi connectivity index (χ0) is 10.3. The first-order chi connectivity index (χ1) is 5.95. The molecular formula is C11H25NO. The van der Waals surface area contributed by atoms with Crippen molar-refractivity contribution >= 4 is 0 Å². The van der Waals surface area contributed by atoms with Crippen molar-refractivity contribution in [1.82, 2.24) is 0 Å². The number of nitrogens with two attached hydrogens (primary N) is 1. The monoisotopic (exact) mass is 187 g/mol. The Kier molecular flexibility index (Phi) is 6.35. The molecule has 0 aromatic carbocycles. The predicted octanol–water partition coefficient (Wildman–Crippen LogP) is 2.57. The van der Waals surface area contributed by atoms with Crippen LogP contribution in [0.3, 0.4) is 0 Å². The smallest absolute Gasteiger partial charge is 0.0480 e. The van der Waals surface area contributed by atoms with Crippen LogP contribution in [0.2, 0.25) is 0 Å². The lowest BCUT2D eigenvalue weighted by Gasteiger charge is -2.20. The van der Waals surface area contributed by atoms with Crippen molar-refractivity contribution in [3.63, 3.8) is 0 Å². The molecule has 2 nitrogen and oxygen atoms in total. The van der Waals surface area contributed by atoms with Gasteiger partial charge in [-0.15, -0.1) is 0 Å². The SMILES string of the molecule is CCOCCC(N)CCC(C)(C)C. The largest absolute Gasteiger partial charge is 0.382 e. The third kappa shape index (κ3) is 9.84. The van der Waals surface area contributed by atoms with E-state index in [-0.39, 0.29) is 0 Å². The van der Waals surface area contributed by atoms with Crippen molar-refractivity contribution in [2.24, 2.45) is 11.1 Å². The lowest BCUT2D eigenvalue weighted by molar-refractivity contribution is 0.137. The van der Waals surface area contributed by atoms with Gasteiger partial charge in [-0.3, -0.25) is 0 Å². The maximum absolute atomic E-state index is 5.94. The number of rotatable bonds is 6. The molecule has 0 rings (SSSR count). The second kappa shape index (κ2) is 6.39. The minimum absolute atomic E-state index is 0.311. The third-order valence-electron chi connectivity index (χ3n) is 2.10. The molecule has 0 saturated heterocycles. The summed E-state index contributed by atoms with van der Waals surface area (Å²) in [5.41, 5.74) is 6.35. The first-order valence-electron chi connectivity index (χ1n) is 5.29. The maximum Gasteiger partial charge on any atom is 0.0480 e. The van der Waals surface area contributed by atoms with Crippen molar-refractivity contribution in [2.75, 3.05) is 13.2 Å². The standard InChI is InChI=1S/C11H25NO/c1-5-13-9-7-10(12)6-8-11(2,3)4/h10H,5-9,12H2,1-4H3. The van der Waals surface area contributed by atoms with Crippen LogP contribution in [0.5, 0.6) is 0 Å². The summed E-state index contributed by atoms with van der Waals surface area (Å²) >= 11 is 0. The van der Waals surface area contributed by atoms with Gasteiger partial charge in [-0.25, -0.2) is 0 Å². The van der Waals surface area contributed by atoms with Gasteiger partial charge < -0.3 is 10.5 Å². The first kappa shape index (κ1) is 12.9. The van der Waals surface area contributed by atoms with E-state index in [4.69, 9.17) is 10.5 Å². The number of hydrogen-bond acceptors (Lipinski definition) is 2. The van der Waals surface area contributed by atoms with Crippen molar-refractivity contribution < 1.29 is 4.74 Å². The van der Waals surface area contributed by atoms with Gasteiger partial charge >= 0.3 is 0 Å². The summed E-state index contributed by atoms with van der Waals surface area (Å²) in [5, 5.41) is 0. The second-order valence-corrected chi connectivity index (χ2v) is 4.85.